The number of carbonyl (C=O) groups excluding carboxylic acids is 1. The van der Waals surface area contributed by atoms with E-state index >= 15 is 0 Å². The minimum absolute atomic E-state index is 0. The lowest BCUT2D eigenvalue weighted by Gasteiger charge is -2.39. The van der Waals surface area contributed by atoms with E-state index in [2.05, 4.69) is 15.2 Å². The van der Waals surface area contributed by atoms with Gasteiger partial charge in [0.1, 0.15) is 11.6 Å². The highest BCUT2D eigenvalue weighted by molar-refractivity contribution is 5.85. The van der Waals surface area contributed by atoms with Crippen molar-refractivity contribution in [2.45, 2.75) is 37.8 Å². The molecular weight excluding hydrogens is 571 g/mol. The van der Waals surface area contributed by atoms with Crippen LogP contribution in [0.2, 0.25) is 0 Å². The Morgan fingerprint density at radius 2 is 1.65 bits per heavy atom. The minimum Gasteiger partial charge on any atom is -0.341 e. The van der Waals surface area contributed by atoms with Crippen molar-refractivity contribution in [2.75, 3.05) is 20.1 Å². The molecule has 218 valence electrons. The van der Waals surface area contributed by atoms with E-state index in [1.807, 2.05) is 4.90 Å². The third-order valence-electron chi connectivity index (χ3n) is 6.68. The zero-order chi connectivity index (χ0) is 28.5. The molecule has 7 nitrogen and oxygen atoms in total. The number of piperidine rings is 1. The topological polar surface area (TPSA) is 85.1 Å². The molecule has 40 heavy (non-hydrogen) atoms. The van der Waals surface area contributed by atoms with Gasteiger partial charge in [0.15, 0.2) is 0 Å². The molecule has 0 saturated carbocycles. The van der Waals surface area contributed by atoms with Gasteiger partial charge in [-0.1, -0.05) is 12.1 Å². The summed E-state index contributed by atoms with van der Waals surface area (Å²) in [6, 6.07) is 6.79. The molecule has 15 heteroatoms. The monoisotopic (exact) mass is 595 g/mol. The molecule has 2 N–H and O–H groups in total. The molecule has 0 spiro atoms. The first-order valence-electron chi connectivity index (χ1n) is 11.9. The highest BCUT2D eigenvalue weighted by Crippen LogP contribution is 2.38. The number of nitrogens with zero attached hydrogens (tertiary/aromatic N) is 3. The summed E-state index contributed by atoms with van der Waals surface area (Å²) in [7, 11) is 1.32. The second kappa shape index (κ2) is 12.0. The van der Waals surface area contributed by atoms with Crippen LogP contribution in [-0.2, 0) is 30.2 Å². The van der Waals surface area contributed by atoms with Crippen molar-refractivity contribution in [3.63, 3.8) is 0 Å². The quantitative estimate of drug-likeness (QED) is 0.395. The number of likely N-dealkylation sites (tertiary alicyclic amines) is 1. The number of nitrogens with one attached hydrogen (secondary N) is 2. The Bertz CT molecular complexity index is 1340. The van der Waals surface area contributed by atoms with E-state index in [-0.39, 0.29) is 30.6 Å². The highest BCUT2D eigenvalue weighted by atomic mass is 35.5. The second-order valence-corrected chi connectivity index (χ2v) is 9.52. The van der Waals surface area contributed by atoms with Crippen LogP contribution in [0.4, 0.5) is 30.7 Å². The van der Waals surface area contributed by atoms with Gasteiger partial charge in [0.05, 0.1) is 17.7 Å². The van der Waals surface area contributed by atoms with Gasteiger partial charge in [-0.15, -0.1) is 12.4 Å². The molecule has 2 atom stereocenters. The molecule has 1 aromatic heterocycles. The summed E-state index contributed by atoms with van der Waals surface area (Å²) in [5.74, 6) is -1.71. The van der Waals surface area contributed by atoms with Crippen molar-refractivity contribution in [3.05, 3.63) is 86.8 Å². The molecule has 2 unspecified atom stereocenters. The number of aromatic nitrogens is 3. The first-order chi connectivity index (χ1) is 18.2. The van der Waals surface area contributed by atoms with Crippen LogP contribution in [0, 0.1) is 11.7 Å². The van der Waals surface area contributed by atoms with Crippen molar-refractivity contribution in [1.29, 1.82) is 0 Å². The summed E-state index contributed by atoms with van der Waals surface area (Å²) in [6.07, 6.45) is -9.70. The number of alkyl halides is 6. The number of amides is 1. The van der Waals surface area contributed by atoms with Crippen LogP contribution in [0.3, 0.4) is 0 Å². The zero-order valence-corrected chi connectivity index (χ0v) is 21.8. The first-order valence-corrected chi connectivity index (χ1v) is 11.9. The Morgan fingerprint density at radius 1 is 1.05 bits per heavy atom. The summed E-state index contributed by atoms with van der Waals surface area (Å²) in [6.45, 7) is 0.499. The predicted octanol–water partition coefficient (Wildman–Crippen LogP) is 4.96. The average molecular weight is 596 g/mol. The maximum absolute atomic E-state index is 13.6. The molecule has 1 saturated heterocycles. The van der Waals surface area contributed by atoms with Gasteiger partial charge in [-0.3, -0.25) is 14.7 Å². The van der Waals surface area contributed by atoms with E-state index < -0.39 is 59.3 Å². The van der Waals surface area contributed by atoms with Crippen LogP contribution in [0.5, 0.6) is 0 Å². The van der Waals surface area contributed by atoms with Gasteiger partial charge < -0.3 is 4.90 Å². The Balaban J connectivity index is 0.00000441. The van der Waals surface area contributed by atoms with E-state index in [1.54, 1.807) is 0 Å². The lowest BCUT2D eigenvalue weighted by Crippen LogP contribution is -2.45. The van der Waals surface area contributed by atoms with Gasteiger partial charge >= 0.3 is 18.0 Å². The number of carbonyl (C=O) groups is 1. The number of benzene rings is 2. The molecule has 1 aliphatic heterocycles. The van der Waals surface area contributed by atoms with Gasteiger partial charge in [-0.2, -0.15) is 31.4 Å². The van der Waals surface area contributed by atoms with Crippen LogP contribution in [-0.4, -0.2) is 51.0 Å². The van der Waals surface area contributed by atoms with Gasteiger partial charge in [0.2, 0.25) is 5.91 Å². The summed E-state index contributed by atoms with van der Waals surface area (Å²) in [5, 5.41) is 6.15. The van der Waals surface area contributed by atoms with Crippen molar-refractivity contribution in [3.8, 4) is 0 Å². The third-order valence-corrected chi connectivity index (χ3v) is 6.68. The highest BCUT2D eigenvalue weighted by Gasteiger charge is 2.39. The number of hydrogen-bond acceptors (Lipinski definition) is 4. The Kier molecular flexibility index (Phi) is 9.35. The Morgan fingerprint density at radius 3 is 2.17 bits per heavy atom. The van der Waals surface area contributed by atoms with E-state index in [4.69, 9.17) is 0 Å². The zero-order valence-electron chi connectivity index (χ0n) is 20.9. The number of H-pyrrole nitrogens is 2. The molecule has 3 aromatic rings. The maximum Gasteiger partial charge on any atom is 0.416 e. The summed E-state index contributed by atoms with van der Waals surface area (Å²) in [5.41, 5.74) is -3.06. The normalized spacial score (nSPS) is 18.3. The fraction of sp³-hybridized carbons (Fsp3) is 0.400. The Hall–Kier alpha value is -3.39. The molecule has 4 rings (SSSR count). The first kappa shape index (κ1) is 31.1. The van der Waals surface area contributed by atoms with Crippen LogP contribution in [0.15, 0.2) is 47.3 Å². The third kappa shape index (κ3) is 7.42. The Labute approximate surface area is 229 Å². The van der Waals surface area contributed by atoms with Gasteiger partial charge in [-0.05, 0) is 54.4 Å². The number of hydrogen-bond donors (Lipinski definition) is 2. The molecular formula is C25H25ClF7N5O2. The lowest BCUT2D eigenvalue weighted by molar-refractivity contribution is -0.143. The largest absolute Gasteiger partial charge is 0.416 e. The van der Waals surface area contributed by atoms with E-state index in [9.17, 15) is 40.3 Å². The fourth-order valence-electron chi connectivity index (χ4n) is 4.84. The predicted molar refractivity (Wildman–Crippen MR) is 132 cm³/mol. The lowest BCUT2D eigenvalue weighted by atomic mass is 9.79. The van der Waals surface area contributed by atoms with E-state index in [0.717, 1.165) is 4.90 Å². The standard InChI is InChI=1S/C25H24F7N5O2.ClH/c1-36(11-14-8-16(24(27,28)29)10-17(9-14)25(30,31)32)22(38)19-6-7-37(13-21-33-23(39)35-34-21)12-20(19)15-2-4-18(26)5-3-15;/h2-5,8-10,19-20H,6-7,11-13H2,1H3,(H2,33,34,35,39);1H. The summed E-state index contributed by atoms with van der Waals surface area (Å²) >= 11 is 0. The van der Waals surface area contributed by atoms with Crippen molar-refractivity contribution >= 4 is 18.3 Å². The molecule has 1 aliphatic rings. The van der Waals surface area contributed by atoms with Crippen molar-refractivity contribution in [1.82, 2.24) is 25.0 Å². The van der Waals surface area contributed by atoms with Crippen molar-refractivity contribution in [2.24, 2.45) is 5.92 Å². The SMILES string of the molecule is CN(Cc1cc(C(F)(F)F)cc(C(F)(F)F)c1)C(=O)C1CCN(Cc2n[nH]c(=O)[nH]2)CC1c1ccc(F)cc1.Cl. The molecule has 0 aliphatic carbocycles. The average Bonchev–Trinajstić information content (AvgIpc) is 3.27. The van der Waals surface area contributed by atoms with Crippen molar-refractivity contribution < 1.29 is 35.5 Å². The number of aromatic amines is 2. The molecule has 0 radical (unpaired) electrons. The van der Waals surface area contributed by atoms with Crippen LogP contribution >= 0.6 is 12.4 Å². The number of halogens is 8. The van der Waals surface area contributed by atoms with E-state index in [0.29, 0.717) is 43.0 Å². The summed E-state index contributed by atoms with van der Waals surface area (Å²) in [4.78, 5) is 30.5. The fourth-order valence-corrected chi connectivity index (χ4v) is 4.84. The molecule has 1 fully saturated rings. The molecule has 2 heterocycles. The smallest absolute Gasteiger partial charge is 0.341 e. The number of rotatable bonds is 6. The minimum atomic E-state index is -5.00. The molecule has 1 amide bonds. The summed E-state index contributed by atoms with van der Waals surface area (Å²) < 4.78 is 93.3. The van der Waals surface area contributed by atoms with Crippen LogP contribution in [0.25, 0.3) is 0 Å². The maximum atomic E-state index is 13.6. The van der Waals surface area contributed by atoms with Gasteiger partial charge in [0, 0.05) is 32.0 Å². The molecule has 0 bridgehead atoms. The van der Waals surface area contributed by atoms with Crippen LogP contribution < -0.4 is 5.69 Å². The second-order valence-electron chi connectivity index (χ2n) is 9.52. The van der Waals surface area contributed by atoms with Crippen LogP contribution in [0.1, 0.15) is 40.4 Å². The van der Waals surface area contributed by atoms with Gasteiger partial charge in [0.25, 0.3) is 0 Å². The van der Waals surface area contributed by atoms with E-state index in [1.165, 1.54) is 31.3 Å². The van der Waals surface area contributed by atoms with Gasteiger partial charge in [-0.25, -0.2) is 14.3 Å². The molecule has 2 aromatic carbocycles.